The average Bonchev–Trinajstić information content (AvgIpc) is 2.54. The second-order valence-corrected chi connectivity index (χ2v) is 6.71. The lowest BCUT2D eigenvalue weighted by Crippen LogP contribution is -2.47. The van der Waals surface area contributed by atoms with Gasteiger partial charge in [-0.1, -0.05) is 19.3 Å². The SMILES string of the molecule is O=C(NCC(O)C1CCCCC1)NC1CCC(C(=O)O)CC1. The van der Waals surface area contributed by atoms with Crippen molar-refractivity contribution in [2.24, 2.45) is 11.8 Å². The van der Waals surface area contributed by atoms with Gasteiger partial charge in [-0.25, -0.2) is 4.79 Å². The average molecular weight is 312 g/mol. The van der Waals surface area contributed by atoms with Crippen molar-refractivity contribution in [3.63, 3.8) is 0 Å². The number of urea groups is 1. The molecule has 0 heterocycles. The third-order valence-electron chi connectivity index (χ3n) is 5.08. The van der Waals surface area contributed by atoms with Crippen LogP contribution in [0.25, 0.3) is 0 Å². The summed E-state index contributed by atoms with van der Waals surface area (Å²) in [6.45, 7) is 0.293. The molecule has 22 heavy (non-hydrogen) atoms. The minimum Gasteiger partial charge on any atom is -0.481 e. The Balaban J connectivity index is 1.62. The summed E-state index contributed by atoms with van der Waals surface area (Å²) < 4.78 is 0. The van der Waals surface area contributed by atoms with Gasteiger partial charge in [-0.15, -0.1) is 0 Å². The Bertz CT molecular complexity index is 374. The lowest BCUT2D eigenvalue weighted by Gasteiger charge is -2.28. The van der Waals surface area contributed by atoms with Gasteiger partial charge in [0, 0.05) is 12.6 Å². The van der Waals surface area contributed by atoms with Crippen LogP contribution in [0.3, 0.4) is 0 Å². The van der Waals surface area contributed by atoms with Crippen molar-refractivity contribution in [3.8, 4) is 0 Å². The predicted octanol–water partition coefficient (Wildman–Crippen LogP) is 1.87. The molecule has 0 bridgehead atoms. The fourth-order valence-corrected chi connectivity index (χ4v) is 3.60. The van der Waals surface area contributed by atoms with Gasteiger partial charge in [-0.2, -0.15) is 0 Å². The molecular formula is C16H28N2O4. The highest BCUT2D eigenvalue weighted by Crippen LogP contribution is 2.26. The fraction of sp³-hybridized carbons (Fsp3) is 0.875. The number of aliphatic hydroxyl groups is 1. The number of hydrogen-bond acceptors (Lipinski definition) is 3. The van der Waals surface area contributed by atoms with Gasteiger partial charge < -0.3 is 20.8 Å². The molecule has 0 aromatic carbocycles. The number of rotatable bonds is 5. The molecule has 2 amide bonds. The zero-order chi connectivity index (χ0) is 15.9. The first-order valence-corrected chi connectivity index (χ1v) is 8.51. The number of carbonyl (C=O) groups is 2. The van der Waals surface area contributed by atoms with Gasteiger partial charge in [0.05, 0.1) is 12.0 Å². The lowest BCUT2D eigenvalue weighted by molar-refractivity contribution is -0.142. The number of carbonyl (C=O) groups excluding carboxylic acids is 1. The maximum absolute atomic E-state index is 11.9. The van der Waals surface area contributed by atoms with Crippen molar-refractivity contribution in [1.82, 2.24) is 10.6 Å². The zero-order valence-corrected chi connectivity index (χ0v) is 13.1. The van der Waals surface area contributed by atoms with Crippen LogP contribution in [-0.4, -0.2) is 40.9 Å². The maximum Gasteiger partial charge on any atom is 0.315 e. The molecular weight excluding hydrogens is 284 g/mol. The van der Waals surface area contributed by atoms with E-state index in [4.69, 9.17) is 5.11 Å². The highest BCUT2D eigenvalue weighted by atomic mass is 16.4. The van der Waals surface area contributed by atoms with Gasteiger partial charge in [-0.05, 0) is 44.4 Å². The Morgan fingerprint density at radius 2 is 1.64 bits per heavy atom. The molecule has 0 spiro atoms. The summed E-state index contributed by atoms with van der Waals surface area (Å²) in [5, 5.41) is 24.7. The van der Waals surface area contributed by atoms with E-state index in [1.165, 1.54) is 19.3 Å². The smallest absolute Gasteiger partial charge is 0.315 e. The molecule has 6 nitrogen and oxygen atoms in total. The minimum atomic E-state index is -0.737. The van der Waals surface area contributed by atoms with E-state index < -0.39 is 12.1 Å². The fourth-order valence-electron chi connectivity index (χ4n) is 3.60. The van der Waals surface area contributed by atoms with Crippen LogP contribution < -0.4 is 10.6 Å². The van der Waals surface area contributed by atoms with E-state index in [0.29, 0.717) is 38.1 Å². The van der Waals surface area contributed by atoms with E-state index in [1.54, 1.807) is 0 Å². The van der Waals surface area contributed by atoms with Gasteiger partial charge >= 0.3 is 12.0 Å². The van der Waals surface area contributed by atoms with E-state index in [9.17, 15) is 14.7 Å². The second-order valence-electron chi connectivity index (χ2n) is 6.71. The van der Waals surface area contributed by atoms with E-state index in [0.717, 1.165) is 12.8 Å². The van der Waals surface area contributed by atoms with Gasteiger partial charge in [0.1, 0.15) is 0 Å². The second kappa shape index (κ2) is 8.36. The van der Waals surface area contributed by atoms with Crippen LogP contribution in [0.1, 0.15) is 57.8 Å². The normalized spacial score (nSPS) is 27.9. The molecule has 0 aliphatic heterocycles. The molecule has 2 rings (SSSR count). The molecule has 1 unspecified atom stereocenters. The van der Waals surface area contributed by atoms with Crippen molar-refractivity contribution in [2.45, 2.75) is 69.9 Å². The molecule has 126 valence electrons. The molecule has 0 aromatic rings. The highest BCUT2D eigenvalue weighted by Gasteiger charge is 2.27. The molecule has 6 heteroatoms. The van der Waals surface area contributed by atoms with Gasteiger partial charge in [0.25, 0.3) is 0 Å². The van der Waals surface area contributed by atoms with Crippen LogP contribution in [0.5, 0.6) is 0 Å². The summed E-state index contributed by atoms with van der Waals surface area (Å²) in [4.78, 5) is 22.7. The number of aliphatic hydroxyl groups excluding tert-OH is 1. The zero-order valence-electron chi connectivity index (χ0n) is 13.1. The van der Waals surface area contributed by atoms with Crippen LogP contribution in [0, 0.1) is 11.8 Å². The Hall–Kier alpha value is -1.30. The lowest BCUT2D eigenvalue weighted by atomic mass is 9.85. The Kier molecular flexibility index (Phi) is 6.49. The first kappa shape index (κ1) is 17.1. The number of carboxylic acids is 1. The van der Waals surface area contributed by atoms with Gasteiger partial charge in [-0.3, -0.25) is 4.79 Å². The largest absolute Gasteiger partial charge is 0.481 e. The van der Waals surface area contributed by atoms with Crippen molar-refractivity contribution >= 4 is 12.0 Å². The molecule has 0 saturated heterocycles. The molecule has 2 fully saturated rings. The predicted molar refractivity (Wildman–Crippen MR) is 82.5 cm³/mol. The summed E-state index contributed by atoms with van der Waals surface area (Å²) in [5.74, 6) is -0.701. The van der Waals surface area contributed by atoms with Crippen LogP contribution in [0.4, 0.5) is 4.79 Å². The van der Waals surface area contributed by atoms with E-state index >= 15 is 0 Å². The summed E-state index contributed by atoms with van der Waals surface area (Å²) in [6, 6.07) is -0.212. The number of amides is 2. The summed E-state index contributed by atoms with van der Waals surface area (Å²) in [5.41, 5.74) is 0. The van der Waals surface area contributed by atoms with Gasteiger partial charge in [0.15, 0.2) is 0 Å². The Morgan fingerprint density at radius 1 is 1.00 bits per heavy atom. The number of aliphatic carboxylic acids is 1. The Morgan fingerprint density at radius 3 is 2.23 bits per heavy atom. The third-order valence-corrected chi connectivity index (χ3v) is 5.08. The summed E-state index contributed by atoms with van der Waals surface area (Å²) in [6.07, 6.45) is 7.85. The minimum absolute atomic E-state index is 0.0439. The van der Waals surface area contributed by atoms with Crippen molar-refractivity contribution in [1.29, 1.82) is 0 Å². The number of hydrogen-bond donors (Lipinski definition) is 4. The van der Waals surface area contributed by atoms with Crippen LogP contribution in [0.2, 0.25) is 0 Å². The number of carboxylic acid groups (broad SMARTS) is 1. The monoisotopic (exact) mass is 312 g/mol. The molecule has 1 atom stereocenters. The summed E-state index contributed by atoms with van der Waals surface area (Å²) >= 11 is 0. The van der Waals surface area contributed by atoms with Crippen molar-refractivity contribution in [3.05, 3.63) is 0 Å². The van der Waals surface area contributed by atoms with Crippen LogP contribution in [0.15, 0.2) is 0 Å². The van der Waals surface area contributed by atoms with E-state index in [1.807, 2.05) is 0 Å². The molecule has 0 aromatic heterocycles. The molecule has 2 saturated carbocycles. The molecule has 2 aliphatic rings. The molecule has 2 aliphatic carbocycles. The van der Waals surface area contributed by atoms with E-state index in [2.05, 4.69) is 10.6 Å². The standard InChI is InChI=1S/C16H28N2O4/c19-14(11-4-2-1-3-5-11)10-17-16(22)18-13-8-6-12(7-9-13)15(20)21/h11-14,19H,1-10H2,(H,20,21)(H2,17,18,22). The van der Waals surface area contributed by atoms with E-state index in [-0.39, 0.29) is 18.0 Å². The highest BCUT2D eigenvalue weighted by molar-refractivity contribution is 5.74. The first-order valence-electron chi connectivity index (χ1n) is 8.51. The quantitative estimate of drug-likeness (QED) is 0.623. The maximum atomic E-state index is 11.9. The van der Waals surface area contributed by atoms with Crippen LogP contribution in [-0.2, 0) is 4.79 Å². The molecule has 4 N–H and O–H groups in total. The topological polar surface area (TPSA) is 98.7 Å². The first-order chi connectivity index (χ1) is 10.6. The Labute approximate surface area is 131 Å². The number of nitrogens with one attached hydrogen (secondary N) is 2. The van der Waals surface area contributed by atoms with Crippen LogP contribution >= 0.6 is 0 Å². The van der Waals surface area contributed by atoms with Crippen molar-refractivity contribution < 1.29 is 19.8 Å². The van der Waals surface area contributed by atoms with Gasteiger partial charge in [0.2, 0.25) is 0 Å². The molecule has 0 radical (unpaired) electrons. The summed E-state index contributed by atoms with van der Waals surface area (Å²) in [7, 11) is 0. The third kappa shape index (κ3) is 5.16. The van der Waals surface area contributed by atoms with Crippen molar-refractivity contribution in [2.75, 3.05) is 6.54 Å².